The van der Waals surface area contributed by atoms with Crippen molar-refractivity contribution in [3.8, 4) is 0 Å². The van der Waals surface area contributed by atoms with Crippen molar-refractivity contribution >= 4 is 11.7 Å². The fourth-order valence-electron chi connectivity index (χ4n) is 5.03. The second-order valence-electron chi connectivity index (χ2n) is 8.80. The molecular weight excluding hydrogens is 354 g/mol. The van der Waals surface area contributed by atoms with Crippen LogP contribution in [0.15, 0.2) is 0 Å². The molecule has 1 aromatic rings. The summed E-state index contributed by atoms with van der Waals surface area (Å²) in [6.07, 6.45) is 7.68. The number of rotatable bonds is 4. The van der Waals surface area contributed by atoms with Crippen molar-refractivity contribution in [1.29, 1.82) is 0 Å². The van der Waals surface area contributed by atoms with Crippen LogP contribution in [0.3, 0.4) is 0 Å². The number of carbonyl (C=O) groups is 1. The van der Waals surface area contributed by atoms with Crippen LogP contribution in [0, 0.1) is 0 Å². The molecule has 1 saturated carbocycles. The third kappa shape index (κ3) is 3.87. The Morgan fingerprint density at radius 3 is 2.75 bits per heavy atom. The van der Waals surface area contributed by atoms with E-state index < -0.39 is 5.60 Å². The molecule has 1 aromatic heterocycles. The fraction of sp³-hybridized carbons (Fsp3) is 0.762. The Kier molecular flexibility index (Phi) is 5.56. The van der Waals surface area contributed by atoms with Crippen molar-refractivity contribution in [2.45, 2.75) is 76.0 Å². The Morgan fingerprint density at radius 1 is 1.21 bits per heavy atom. The van der Waals surface area contributed by atoms with Gasteiger partial charge in [0.2, 0.25) is 5.91 Å². The molecule has 1 amide bonds. The Labute approximate surface area is 167 Å². The summed E-state index contributed by atoms with van der Waals surface area (Å²) in [7, 11) is 4.01. The first kappa shape index (κ1) is 19.6. The number of likely N-dealkylation sites (tertiary alicyclic amines) is 1. The number of hydrogen-bond donors (Lipinski definition) is 2. The third-order valence-electron chi connectivity index (χ3n) is 6.64. The second-order valence-corrected chi connectivity index (χ2v) is 8.80. The normalized spacial score (nSPS) is 24.8. The summed E-state index contributed by atoms with van der Waals surface area (Å²) in [5.41, 5.74) is 1.46. The quantitative estimate of drug-likeness (QED) is 0.825. The Hall–Kier alpha value is -1.73. The number of fused-ring (bicyclic) bond motifs is 1. The standard InChI is InChI=1S/C21H33N5O2/c1-22-19-15-14-25(2)12-8-16(15)23-20(24-19)17-7-6-11-26(17)18(27)13-21(28)9-4-3-5-10-21/h17,28H,3-14H2,1-2H3,(H,22,23,24)/t17-/m0/s1. The minimum absolute atomic E-state index is 0.0546. The highest BCUT2D eigenvalue weighted by atomic mass is 16.3. The molecule has 0 unspecified atom stereocenters. The molecule has 2 fully saturated rings. The highest BCUT2D eigenvalue weighted by Crippen LogP contribution is 2.36. The van der Waals surface area contributed by atoms with E-state index in [1.807, 2.05) is 11.9 Å². The van der Waals surface area contributed by atoms with E-state index in [-0.39, 0.29) is 18.4 Å². The van der Waals surface area contributed by atoms with E-state index in [1.54, 1.807) is 0 Å². The SMILES string of the molecule is CNc1nc([C@@H]2CCCN2C(=O)CC2(O)CCCCC2)nc2c1CN(C)CC2. The van der Waals surface area contributed by atoms with Gasteiger partial charge in [0.05, 0.1) is 23.8 Å². The minimum Gasteiger partial charge on any atom is -0.389 e. The zero-order valence-electron chi connectivity index (χ0n) is 17.2. The molecule has 1 saturated heterocycles. The largest absolute Gasteiger partial charge is 0.389 e. The van der Waals surface area contributed by atoms with Crippen LogP contribution in [0.5, 0.6) is 0 Å². The summed E-state index contributed by atoms with van der Waals surface area (Å²) in [4.78, 5) is 27.0. The van der Waals surface area contributed by atoms with E-state index in [2.05, 4.69) is 17.3 Å². The molecule has 0 radical (unpaired) electrons. The molecule has 154 valence electrons. The summed E-state index contributed by atoms with van der Waals surface area (Å²) in [5, 5.41) is 14.1. The zero-order valence-corrected chi connectivity index (χ0v) is 17.2. The fourth-order valence-corrected chi connectivity index (χ4v) is 5.03. The lowest BCUT2D eigenvalue weighted by molar-refractivity contribution is -0.138. The van der Waals surface area contributed by atoms with Crippen molar-refractivity contribution in [1.82, 2.24) is 19.8 Å². The first-order valence-corrected chi connectivity index (χ1v) is 10.8. The molecule has 0 spiro atoms. The van der Waals surface area contributed by atoms with Crippen LogP contribution in [0.4, 0.5) is 5.82 Å². The summed E-state index contributed by atoms with van der Waals surface area (Å²) in [6.45, 7) is 2.58. The zero-order chi connectivity index (χ0) is 19.7. The Bertz CT molecular complexity index is 715. The van der Waals surface area contributed by atoms with Gasteiger partial charge in [0.25, 0.3) is 0 Å². The molecule has 1 aliphatic carbocycles. The molecule has 0 bridgehead atoms. The van der Waals surface area contributed by atoms with Gasteiger partial charge in [-0.1, -0.05) is 19.3 Å². The van der Waals surface area contributed by atoms with E-state index in [1.165, 1.54) is 5.56 Å². The van der Waals surface area contributed by atoms with Gasteiger partial charge in [-0.25, -0.2) is 9.97 Å². The molecule has 2 N–H and O–H groups in total. The number of nitrogens with one attached hydrogen (secondary N) is 1. The average molecular weight is 388 g/mol. The van der Waals surface area contributed by atoms with Gasteiger partial charge in [0, 0.05) is 38.7 Å². The van der Waals surface area contributed by atoms with Crippen LogP contribution < -0.4 is 5.32 Å². The number of amides is 1. The molecule has 7 nitrogen and oxygen atoms in total. The van der Waals surface area contributed by atoms with Gasteiger partial charge in [-0.05, 0) is 32.7 Å². The summed E-state index contributed by atoms with van der Waals surface area (Å²) in [5.74, 6) is 1.70. The lowest BCUT2D eigenvalue weighted by atomic mass is 9.82. The molecule has 28 heavy (non-hydrogen) atoms. The maximum atomic E-state index is 13.1. The first-order valence-electron chi connectivity index (χ1n) is 10.8. The van der Waals surface area contributed by atoms with Crippen molar-refractivity contribution in [3.05, 3.63) is 17.1 Å². The van der Waals surface area contributed by atoms with E-state index in [0.717, 1.165) is 88.3 Å². The number of anilines is 1. The lowest BCUT2D eigenvalue weighted by Crippen LogP contribution is -2.40. The summed E-state index contributed by atoms with van der Waals surface area (Å²) in [6, 6.07) is -0.0725. The minimum atomic E-state index is -0.820. The molecule has 3 aliphatic rings. The number of nitrogens with zero attached hydrogens (tertiary/aromatic N) is 4. The van der Waals surface area contributed by atoms with Crippen LogP contribution in [0.25, 0.3) is 0 Å². The second kappa shape index (κ2) is 7.95. The maximum absolute atomic E-state index is 13.1. The lowest BCUT2D eigenvalue weighted by Gasteiger charge is -2.34. The van der Waals surface area contributed by atoms with Crippen molar-refractivity contribution in [3.63, 3.8) is 0 Å². The predicted molar refractivity (Wildman–Crippen MR) is 108 cm³/mol. The van der Waals surface area contributed by atoms with E-state index >= 15 is 0 Å². The van der Waals surface area contributed by atoms with Gasteiger partial charge >= 0.3 is 0 Å². The predicted octanol–water partition coefficient (Wildman–Crippen LogP) is 2.25. The van der Waals surface area contributed by atoms with Gasteiger partial charge in [-0.15, -0.1) is 0 Å². The molecule has 1 atom stereocenters. The van der Waals surface area contributed by atoms with Gasteiger partial charge in [-0.3, -0.25) is 4.79 Å². The third-order valence-corrected chi connectivity index (χ3v) is 6.64. The van der Waals surface area contributed by atoms with Gasteiger partial charge in [-0.2, -0.15) is 0 Å². The van der Waals surface area contributed by atoms with Crippen LogP contribution >= 0.6 is 0 Å². The molecule has 3 heterocycles. The van der Waals surface area contributed by atoms with E-state index in [9.17, 15) is 9.90 Å². The first-order chi connectivity index (χ1) is 13.5. The van der Waals surface area contributed by atoms with E-state index in [4.69, 9.17) is 9.97 Å². The molecular formula is C21H33N5O2. The Morgan fingerprint density at radius 2 is 2.00 bits per heavy atom. The van der Waals surface area contributed by atoms with Gasteiger partial charge < -0.3 is 20.2 Å². The molecule has 0 aromatic carbocycles. The maximum Gasteiger partial charge on any atom is 0.226 e. The van der Waals surface area contributed by atoms with Crippen LogP contribution in [-0.4, -0.2) is 63.6 Å². The average Bonchev–Trinajstić information content (AvgIpc) is 3.17. The van der Waals surface area contributed by atoms with Gasteiger partial charge in [0.1, 0.15) is 5.82 Å². The van der Waals surface area contributed by atoms with Crippen molar-refractivity contribution < 1.29 is 9.90 Å². The topological polar surface area (TPSA) is 81.6 Å². The van der Waals surface area contributed by atoms with Crippen LogP contribution in [0.2, 0.25) is 0 Å². The molecule has 4 rings (SSSR count). The van der Waals surface area contributed by atoms with Crippen molar-refractivity contribution in [2.24, 2.45) is 0 Å². The number of carbonyl (C=O) groups excluding carboxylic acids is 1. The number of aromatic nitrogens is 2. The molecule has 2 aliphatic heterocycles. The number of hydrogen-bond acceptors (Lipinski definition) is 6. The number of aliphatic hydroxyl groups is 1. The Balaban J connectivity index is 1.55. The summed E-state index contributed by atoms with van der Waals surface area (Å²) < 4.78 is 0. The van der Waals surface area contributed by atoms with E-state index in [0.29, 0.717) is 0 Å². The molecule has 7 heteroatoms. The monoisotopic (exact) mass is 387 g/mol. The number of likely N-dealkylation sites (N-methyl/N-ethyl adjacent to an activating group) is 1. The summed E-state index contributed by atoms with van der Waals surface area (Å²) >= 11 is 0. The van der Waals surface area contributed by atoms with Crippen LogP contribution in [0.1, 0.15) is 74.5 Å². The van der Waals surface area contributed by atoms with Gasteiger partial charge in [0.15, 0.2) is 5.82 Å². The van der Waals surface area contributed by atoms with Crippen molar-refractivity contribution in [2.75, 3.05) is 32.5 Å². The highest BCUT2D eigenvalue weighted by Gasteiger charge is 2.38. The van der Waals surface area contributed by atoms with Crippen LogP contribution in [-0.2, 0) is 17.8 Å². The highest BCUT2D eigenvalue weighted by molar-refractivity contribution is 5.78. The smallest absolute Gasteiger partial charge is 0.226 e.